The number of hydrogen-bond donors (Lipinski definition) is 1. The lowest BCUT2D eigenvalue weighted by Crippen LogP contribution is -2.12. The molecule has 0 saturated carbocycles. The summed E-state index contributed by atoms with van der Waals surface area (Å²) in [5.41, 5.74) is 1.95. The van der Waals surface area contributed by atoms with Gasteiger partial charge in [0.05, 0.1) is 17.3 Å². The van der Waals surface area contributed by atoms with Crippen LogP contribution in [0.25, 0.3) is 0 Å². The van der Waals surface area contributed by atoms with E-state index in [9.17, 15) is 4.79 Å². The van der Waals surface area contributed by atoms with Gasteiger partial charge in [0, 0.05) is 23.5 Å². The summed E-state index contributed by atoms with van der Waals surface area (Å²) in [6.07, 6.45) is 3.45. The Morgan fingerprint density at radius 2 is 1.93 bits per heavy atom. The van der Waals surface area contributed by atoms with Gasteiger partial charge in [0.2, 0.25) is 0 Å². The second-order valence-corrected chi connectivity index (χ2v) is 6.09. The molecule has 1 aromatic heterocycles. The van der Waals surface area contributed by atoms with E-state index in [-0.39, 0.29) is 5.91 Å². The molecule has 0 radical (unpaired) electrons. The summed E-state index contributed by atoms with van der Waals surface area (Å²) in [6, 6.07) is 15.9. The average molecular weight is 383 g/mol. The van der Waals surface area contributed by atoms with Gasteiger partial charge in [-0.15, -0.1) is 0 Å². The van der Waals surface area contributed by atoms with Gasteiger partial charge in [0.15, 0.2) is 11.5 Å². The molecule has 0 spiro atoms. The van der Waals surface area contributed by atoms with Crippen LogP contribution in [0.2, 0.25) is 5.02 Å². The lowest BCUT2D eigenvalue weighted by Gasteiger charge is -2.14. The molecule has 0 aliphatic carbocycles. The van der Waals surface area contributed by atoms with Crippen LogP contribution in [0.1, 0.15) is 22.8 Å². The number of pyridine rings is 1. The van der Waals surface area contributed by atoms with Gasteiger partial charge in [-0.25, -0.2) is 0 Å². The van der Waals surface area contributed by atoms with E-state index in [0.29, 0.717) is 41.0 Å². The molecule has 3 aromatic rings. The molecule has 6 heteroatoms. The molecular formula is C21H19ClN2O3. The number of aromatic nitrogens is 1. The maximum atomic E-state index is 12.5. The number of para-hydroxylation sites is 1. The number of hydrogen-bond acceptors (Lipinski definition) is 4. The van der Waals surface area contributed by atoms with Crippen LogP contribution in [-0.2, 0) is 6.61 Å². The highest BCUT2D eigenvalue weighted by Gasteiger charge is 2.13. The first-order valence-corrected chi connectivity index (χ1v) is 8.89. The highest BCUT2D eigenvalue weighted by molar-refractivity contribution is 6.33. The summed E-state index contributed by atoms with van der Waals surface area (Å²) < 4.78 is 11.5. The Kier molecular flexibility index (Phi) is 6.28. The number of anilines is 1. The van der Waals surface area contributed by atoms with E-state index in [1.54, 1.807) is 48.8 Å². The number of rotatable bonds is 7. The highest BCUT2D eigenvalue weighted by Crippen LogP contribution is 2.30. The van der Waals surface area contributed by atoms with Crippen molar-refractivity contribution in [2.75, 3.05) is 11.9 Å². The Hall–Kier alpha value is -3.05. The summed E-state index contributed by atoms with van der Waals surface area (Å²) in [5, 5.41) is 3.28. The molecule has 27 heavy (non-hydrogen) atoms. The maximum absolute atomic E-state index is 12.5. The first-order chi connectivity index (χ1) is 13.2. The van der Waals surface area contributed by atoms with Crippen LogP contribution in [0.5, 0.6) is 11.5 Å². The van der Waals surface area contributed by atoms with Crippen LogP contribution in [0.15, 0.2) is 67.0 Å². The normalized spacial score (nSPS) is 10.3. The van der Waals surface area contributed by atoms with Crippen molar-refractivity contribution < 1.29 is 14.3 Å². The Bertz CT molecular complexity index is 916. The predicted octanol–water partition coefficient (Wildman–Crippen LogP) is 4.97. The number of halogens is 1. The molecule has 1 amide bonds. The third kappa shape index (κ3) is 4.99. The molecule has 1 N–H and O–H groups in total. The van der Waals surface area contributed by atoms with E-state index in [1.165, 1.54) is 0 Å². The molecule has 0 atom stereocenters. The summed E-state index contributed by atoms with van der Waals surface area (Å²) >= 11 is 6.10. The van der Waals surface area contributed by atoms with Crippen molar-refractivity contribution in [1.82, 2.24) is 4.98 Å². The Morgan fingerprint density at radius 3 is 2.67 bits per heavy atom. The van der Waals surface area contributed by atoms with E-state index in [0.717, 1.165) is 5.56 Å². The van der Waals surface area contributed by atoms with Crippen LogP contribution in [-0.4, -0.2) is 17.5 Å². The molecule has 0 aliphatic rings. The predicted molar refractivity (Wildman–Crippen MR) is 106 cm³/mol. The fourth-order valence-corrected chi connectivity index (χ4v) is 2.62. The Labute approximate surface area is 162 Å². The zero-order valence-corrected chi connectivity index (χ0v) is 15.6. The number of amides is 1. The van der Waals surface area contributed by atoms with Crippen molar-refractivity contribution in [2.45, 2.75) is 13.5 Å². The minimum atomic E-state index is -0.275. The van der Waals surface area contributed by atoms with Crippen LogP contribution in [0.3, 0.4) is 0 Å². The summed E-state index contributed by atoms with van der Waals surface area (Å²) in [5.74, 6) is 0.797. The van der Waals surface area contributed by atoms with Gasteiger partial charge in [-0.1, -0.05) is 29.8 Å². The number of nitrogens with zero attached hydrogens (tertiary/aromatic N) is 1. The molecule has 3 rings (SSSR count). The number of carbonyl (C=O) groups is 1. The van der Waals surface area contributed by atoms with Crippen molar-refractivity contribution in [2.24, 2.45) is 0 Å². The SMILES string of the molecule is CCOc1cc(C(=O)Nc2ccccc2Cl)ccc1OCc1cccnc1. The lowest BCUT2D eigenvalue weighted by molar-refractivity contribution is 0.102. The minimum Gasteiger partial charge on any atom is -0.490 e. The van der Waals surface area contributed by atoms with Gasteiger partial charge in [-0.05, 0) is 43.3 Å². The smallest absolute Gasteiger partial charge is 0.255 e. The van der Waals surface area contributed by atoms with Gasteiger partial charge in [-0.2, -0.15) is 0 Å². The highest BCUT2D eigenvalue weighted by atomic mass is 35.5. The molecule has 0 saturated heterocycles. The maximum Gasteiger partial charge on any atom is 0.255 e. The molecule has 2 aromatic carbocycles. The number of benzene rings is 2. The zero-order valence-electron chi connectivity index (χ0n) is 14.8. The molecule has 1 heterocycles. The summed E-state index contributed by atoms with van der Waals surface area (Å²) in [6.45, 7) is 2.69. The number of ether oxygens (including phenoxy) is 2. The minimum absolute atomic E-state index is 0.275. The van der Waals surface area contributed by atoms with Gasteiger partial charge >= 0.3 is 0 Å². The van der Waals surface area contributed by atoms with Crippen LogP contribution in [0.4, 0.5) is 5.69 Å². The summed E-state index contributed by atoms with van der Waals surface area (Å²) in [7, 11) is 0. The quantitative estimate of drug-likeness (QED) is 0.627. The molecule has 0 unspecified atom stereocenters. The van der Waals surface area contributed by atoms with E-state index in [2.05, 4.69) is 10.3 Å². The Balaban J connectivity index is 1.76. The monoisotopic (exact) mass is 382 g/mol. The van der Waals surface area contributed by atoms with Gasteiger partial charge in [-0.3, -0.25) is 9.78 Å². The summed E-state index contributed by atoms with van der Waals surface area (Å²) in [4.78, 5) is 16.6. The molecule has 0 fully saturated rings. The molecule has 138 valence electrons. The van der Waals surface area contributed by atoms with Gasteiger partial charge in [0.25, 0.3) is 5.91 Å². The Morgan fingerprint density at radius 1 is 1.07 bits per heavy atom. The van der Waals surface area contributed by atoms with E-state index < -0.39 is 0 Å². The molecule has 0 aliphatic heterocycles. The lowest BCUT2D eigenvalue weighted by atomic mass is 10.1. The largest absolute Gasteiger partial charge is 0.490 e. The number of carbonyl (C=O) groups excluding carboxylic acids is 1. The van der Waals surface area contributed by atoms with E-state index in [4.69, 9.17) is 21.1 Å². The van der Waals surface area contributed by atoms with E-state index in [1.807, 2.05) is 25.1 Å². The third-order valence-corrected chi connectivity index (χ3v) is 4.07. The first-order valence-electron chi connectivity index (χ1n) is 8.52. The fourth-order valence-electron chi connectivity index (χ4n) is 2.44. The number of nitrogens with one attached hydrogen (secondary N) is 1. The zero-order chi connectivity index (χ0) is 19.1. The topological polar surface area (TPSA) is 60.5 Å². The average Bonchev–Trinajstić information content (AvgIpc) is 2.69. The van der Waals surface area contributed by atoms with E-state index >= 15 is 0 Å². The second kappa shape index (κ2) is 9.05. The molecule has 0 bridgehead atoms. The first kappa shape index (κ1) is 18.7. The van der Waals surface area contributed by atoms with Gasteiger partial charge < -0.3 is 14.8 Å². The molecular weight excluding hydrogens is 364 g/mol. The van der Waals surface area contributed by atoms with Crippen molar-refractivity contribution in [3.05, 3.63) is 83.1 Å². The third-order valence-electron chi connectivity index (χ3n) is 3.74. The van der Waals surface area contributed by atoms with Gasteiger partial charge in [0.1, 0.15) is 6.61 Å². The van der Waals surface area contributed by atoms with Crippen LogP contribution >= 0.6 is 11.6 Å². The fraction of sp³-hybridized carbons (Fsp3) is 0.143. The van der Waals surface area contributed by atoms with Crippen molar-refractivity contribution in [3.8, 4) is 11.5 Å². The molecule has 5 nitrogen and oxygen atoms in total. The van der Waals surface area contributed by atoms with Crippen LogP contribution < -0.4 is 14.8 Å². The van der Waals surface area contributed by atoms with Crippen molar-refractivity contribution in [3.63, 3.8) is 0 Å². The second-order valence-electron chi connectivity index (χ2n) is 5.68. The van der Waals surface area contributed by atoms with Crippen molar-refractivity contribution in [1.29, 1.82) is 0 Å². The van der Waals surface area contributed by atoms with Crippen molar-refractivity contribution >= 4 is 23.2 Å². The standard InChI is InChI=1S/C21H19ClN2O3/c1-2-26-20-12-16(21(25)24-18-8-4-3-7-17(18)22)9-10-19(20)27-14-15-6-5-11-23-13-15/h3-13H,2,14H2,1H3,(H,24,25). The van der Waals surface area contributed by atoms with Crippen LogP contribution in [0, 0.1) is 0 Å².